The molecule has 1 heterocycles. The van der Waals surface area contributed by atoms with Crippen molar-refractivity contribution in [3.05, 3.63) is 46.7 Å². The van der Waals surface area contributed by atoms with Gasteiger partial charge in [-0.25, -0.2) is 0 Å². The summed E-state index contributed by atoms with van der Waals surface area (Å²) in [4.78, 5) is 22.6. The van der Waals surface area contributed by atoms with Gasteiger partial charge in [-0.3, -0.25) is 9.59 Å². The van der Waals surface area contributed by atoms with E-state index in [0.29, 0.717) is 17.8 Å². The third kappa shape index (κ3) is 4.22. The molecule has 0 saturated carbocycles. The first-order valence-corrected chi connectivity index (χ1v) is 6.76. The Bertz CT molecular complexity index is 562. The second-order valence-corrected chi connectivity index (χ2v) is 4.90. The van der Waals surface area contributed by atoms with Gasteiger partial charge in [0.1, 0.15) is 0 Å². The van der Waals surface area contributed by atoms with E-state index in [0.717, 1.165) is 5.56 Å². The molecule has 2 amide bonds. The molecular weight excluding hydrogens is 260 g/mol. The number of anilines is 2. The number of carbonyl (C=O) groups is 2. The van der Waals surface area contributed by atoms with E-state index in [9.17, 15) is 9.59 Å². The van der Waals surface area contributed by atoms with Crippen LogP contribution in [-0.4, -0.2) is 11.8 Å². The zero-order chi connectivity index (χ0) is 13.7. The molecule has 0 aliphatic heterocycles. The van der Waals surface area contributed by atoms with Gasteiger partial charge in [0.15, 0.2) is 0 Å². The van der Waals surface area contributed by atoms with Crippen LogP contribution in [0, 0.1) is 0 Å². The molecule has 2 aromatic rings. The molecule has 0 atom stereocenters. The third-order valence-corrected chi connectivity index (χ3v) is 3.17. The van der Waals surface area contributed by atoms with Gasteiger partial charge in [0.2, 0.25) is 11.8 Å². The van der Waals surface area contributed by atoms with Crippen LogP contribution in [0.2, 0.25) is 0 Å². The zero-order valence-corrected chi connectivity index (χ0v) is 11.3. The van der Waals surface area contributed by atoms with Crippen molar-refractivity contribution < 1.29 is 9.59 Å². The molecule has 4 nitrogen and oxygen atoms in total. The first-order valence-electron chi connectivity index (χ1n) is 5.82. The molecule has 98 valence electrons. The van der Waals surface area contributed by atoms with E-state index in [4.69, 9.17) is 0 Å². The number of hydrogen-bond acceptors (Lipinski definition) is 3. The maximum atomic E-state index is 11.8. The molecule has 0 aliphatic rings. The standard InChI is InChI=1S/C14H14N2O2S/c1-10(17)15-12-2-4-13(5-3-12)16-14(18)8-11-6-7-19-9-11/h2-7,9H,8H2,1H3,(H,15,17)(H,16,18). The Morgan fingerprint density at radius 3 is 2.21 bits per heavy atom. The zero-order valence-electron chi connectivity index (χ0n) is 10.5. The van der Waals surface area contributed by atoms with Crippen molar-refractivity contribution in [3.63, 3.8) is 0 Å². The number of amides is 2. The maximum Gasteiger partial charge on any atom is 0.228 e. The number of nitrogens with one attached hydrogen (secondary N) is 2. The highest BCUT2D eigenvalue weighted by molar-refractivity contribution is 7.08. The minimum Gasteiger partial charge on any atom is -0.326 e. The van der Waals surface area contributed by atoms with Crippen LogP contribution in [0.1, 0.15) is 12.5 Å². The van der Waals surface area contributed by atoms with E-state index in [1.54, 1.807) is 35.6 Å². The maximum absolute atomic E-state index is 11.8. The lowest BCUT2D eigenvalue weighted by atomic mass is 10.2. The summed E-state index contributed by atoms with van der Waals surface area (Å²) in [5, 5.41) is 9.39. The fraction of sp³-hybridized carbons (Fsp3) is 0.143. The van der Waals surface area contributed by atoms with Gasteiger partial charge in [-0.2, -0.15) is 11.3 Å². The molecule has 0 aliphatic carbocycles. The quantitative estimate of drug-likeness (QED) is 0.900. The highest BCUT2D eigenvalue weighted by Crippen LogP contribution is 2.14. The van der Waals surface area contributed by atoms with Crippen LogP contribution in [-0.2, 0) is 16.0 Å². The predicted octanol–water partition coefficient (Wildman–Crippen LogP) is 2.89. The Morgan fingerprint density at radius 2 is 1.68 bits per heavy atom. The number of hydrogen-bond donors (Lipinski definition) is 2. The summed E-state index contributed by atoms with van der Waals surface area (Å²) in [5.41, 5.74) is 2.44. The van der Waals surface area contributed by atoms with E-state index in [1.165, 1.54) is 6.92 Å². The lowest BCUT2D eigenvalue weighted by molar-refractivity contribution is -0.116. The van der Waals surface area contributed by atoms with E-state index >= 15 is 0 Å². The minimum atomic E-state index is -0.116. The van der Waals surface area contributed by atoms with E-state index in [-0.39, 0.29) is 11.8 Å². The fourth-order valence-corrected chi connectivity index (χ4v) is 2.29. The average Bonchev–Trinajstić information content (AvgIpc) is 2.83. The predicted molar refractivity (Wildman–Crippen MR) is 77.4 cm³/mol. The summed E-state index contributed by atoms with van der Waals surface area (Å²) in [6, 6.07) is 8.96. The number of carbonyl (C=O) groups excluding carboxylic acids is 2. The summed E-state index contributed by atoms with van der Waals surface area (Å²) in [7, 11) is 0. The molecule has 0 saturated heterocycles. The van der Waals surface area contributed by atoms with Crippen molar-refractivity contribution in [3.8, 4) is 0 Å². The number of rotatable bonds is 4. The van der Waals surface area contributed by atoms with Gasteiger partial charge >= 0.3 is 0 Å². The molecule has 0 radical (unpaired) electrons. The summed E-state index contributed by atoms with van der Waals surface area (Å²) >= 11 is 1.58. The second-order valence-electron chi connectivity index (χ2n) is 4.12. The molecule has 2 rings (SSSR count). The molecular formula is C14H14N2O2S. The van der Waals surface area contributed by atoms with Gasteiger partial charge in [0.05, 0.1) is 6.42 Å². The lowest BCUT2D eigenvalue weighted by Crippen LogP contribution is -2.14. The Morgan fingerprint density at radius 1 is 1.05 bits per heavy atom. The van der Waals surface area contributed by atoms with Gasteiger partial charge in [-0.15, -0.1) is 0 Å². The van der Waals surface area contributed by atoms with Crippen molar-refractivity contribution in [2.24, 2.45) is 0 Å². The molecule has 1 aromatic heterocycles. The summed E-state index contributed by atoms with van der Waals surface area (Å²) in [6.07, 6.45) is 0.372. The normalized spacial score (nSPS) is 9.95. The van der Waals surface area contributed by atoms with Crippen LogP contribution in [0.4, 0.5) is 11.4 Å². The van der Waals surface area contributed by atoms with Crippen molar-refractivity contribution in [2.45, 2.75) is 13.3 Å². The Kier molecular flexibility index (Phi) is 4.30. The van der Waals surface area contributed by atoms with E-state index < -0.39 is 0 Å². The van der Waals surface area contributed by atoms with E-state index in [2.05, 4.69) is 10.6 Å². The van der Waals surface area contributed by atoms with Gasteiger partial charge in [0, 0.05) is 18.3 Å². The van der Waals surface area contributed by atoms with Crippen molar-refractivity contribution in [1.29, 1.82) is 0 Å². The highest BCUT2D eigenvalue weighted by Gasteiger charge is 2.04. The number of benzene rings is 1. The Labute approximate surface area is 115 Å². The molecule has 5 heteroatoms. The second kappa shape index (κ2) is 6.15. The first kappa shape index (κ1) is 13.3. The SMILES string of the molecule is CC(=O)Nc1ccc(NC(=O)Cc2ccsc2)cc1. The average molecular weight is 274 g/mol. The Balaban J connectivity index is 1.92. The van der Waals surface area contributed by atoms with Crippen LogP contribution in [0.3, 0.4) is 0 Å². The largest absolute Gasteiger partial charge is 0.326 e. The molecule has 0 spiro atoms. The molecule has 2 N–H and O–H groups in total. The molecule has 1 aromatic carbocycles. The summed E-state index contributed by atoms with van der Waals surface area (Å²) in [5.74, 6) is -0.167. The smallest absolute Gasteiger partial charge is 0.228 e. The molecule has 0 bridgehead atoms. The van der Waals surface area contributed by atoms with Crippen LogP contribution >= 0.6 is 11.3 Å². The van der Waals surface area contributed by atoms with Gasteiger partial charge in [0.25, 0.3) is 0 Å². The molecule has 0 unspecified atom stereocenters. The monoisotopic (exact) mass is 274 g/mol. The topological polar surface area (TPSA) is 58.2 Å². The molecule has 0 fully saturated rings. The number of thiophene rings is 1. The first-order chi connectivity index (χ1) is 9.13. The third-order valence-electron chi connectivity index (χ3n) is 2.43. The van der Waals surface area contributed by atoms with E-state index in [1.807, 2.05) is 16.8 Å². The highest BCUT2D eigenvalue weighted by atomic mass is 32.1. The van der Waals surface area contributed by atoms with Gasteiger partial charge < -0.3 is 10.6 Å². The van der Waals surface area contributed by atoms with Crippen LogP contribution in [0.5, 0.6) is 0 Å². The lowest BCUT2D eigenvalue weighted by Gasteiger charge is -2.06. The van der Waals surface area contributed by atoms with Crippen LogP contribution in [0.15, 0.2) is 41.1 Å². The van der Waals surface area contributed by atoms with Crippen LogP contribution in [0.25, 0.3) is 0 Å². The van der Waals surface area contributed by atoms with Crippen molar-refractivity contribution in [2.75, 3.05) is 10.6 Å². The van der Waals surface area contributed by atoms with Gasteiger partial charge in [-0.1, -0.05) is 0 Å². The van der Waals surface area contributed by atoms with Crippen molar-refractivity contribution >= 4 is 34.5 Å². The van der Waals surface area contributed by atoms with Gasteiger partial charge in [-0.05, 0) is 46.7 Å². The van der Waals surface area contributed by atoms with Crippen LogP contribution < -0.4 is 10.6 Å². The van der Waals surface area contributed by atoms with Crippen molar-refractivity contribution in [1.82, 2.24) is 0 Å². The summed E-state index contributed by atoms with van der Waals surface area (Å²) in [6.45, 7) is 1.45. The fourth-order valence-electron chi connectivity index (χ4n) is 1.62. The molecule has 19 heavy (non-hydrogen) atoms. The minimum absolute atomic E-state index is 0.0503. The Hall–Kier alpha value is -2.14. The summed E-state index contributed by atoms with van der Waals surface area (Å²) < 4.78 is 0.